The number of halogens is 1. The van der Waals surface area contributed by atoms with Crippen molar-refractivity contribution in [3.63, 3.8) is 0 Å². The van der Waals surface area contributed by atoms with Crippen LogP contribution in [0.4, 0.5) is 0 Å². The van der Waals surface area contributed by atoms with Gasteiger partial charge in [0.15, 0.2) is 0 Å². The van der Waals surface area contributed by atoms with Gasteiger partial charge >= 0.3 is 0 Å². The standard InChI is InChI=1S/C14H14BrN3O3/c15-12-13(20)17-11(7-6-10(16)19)18-14(12)21-8-9-4-2-1-3-5-9/h1-5H,6-8H2,(H2,16,19)(H,17,18,20). The Morgan fingerprint density at radius 3 is 2.71 bits per heavy atom. The van der Waals surface area contributed by atoms with Gasteiger partial charge in [0.1, 0.15) is 16.9 Å². The second-order valence-corrected chi connectivity index (χ2v) is 5.17. The molecule has 0 saturated heterocycles. The van der Waals surface area contributed by atoms with Crippen molar-refractivity contribution in [3.8, 4) is 5.88 Å². The van der Waals surface area contributed by atoms with Crippen LogP contribution in [-0.4, -0.2) is 15.9 Å². The topological polar surface area (TPSA) is 98.1 Å². The van der Waals surface area contributed by atoms with Crippen LogP contribution in [0.2, 0.25) is 0 Å². The van der Waals surface area contributed by atoms with E-state index in [1.54, 1.807) is 0 Å². The zero-order chi connectivity index (χ0) is 15.2. The van der Waals surface area contributed by atoms with Gasteiger partial charge in [-0.15, -0.1) is 0 Å². The Hall–Kier alpha value is -2.15. The Kier molecular flexibility index (Phi) is 5.10. The number of benzene rings is 1. The monoisotopic (exact) mass is 351 g/mol. The summed E-state index contributed by atoms with van der Waals surface area (Å²) in [5, 5.41) is 0. The normalized spacial score (nSPS) is 10.3. The number of ether oxygens (including phenoxy) is 1. The minimum absolute atomic E-state index is 0.114. The zero-order valence-corrected chi connectivity index (χ0v) is 12.7. The van der Waals surface area contributed by atoms with Crippen LogP contribution in [-0.2, 0) is 17.8 Å². The number of aromatic nitrogens is 2. The molecular formula is C14H14BrN3O3. The van der Waals surface area contributed by atoms with Gasteiger partial charge in [0.2, 0.25) is 11.8 Å². The highest BCUT2D eigenvalue weighted by Crippen LogP contribution is 2.19. The summed E-state index contributed by atoms with van der Waals surface area (Å²) in [6.07, 6.45) is 0.377. The van der Waals surface area contributed by atoms with Gasteiger partial charge in [-0.1, -0.05) is 30.3 Å². The van der Waals surface area contributed by atoms with E-state index in [2.05, 4.69) is 25.9 Å². The lowest BCUT2D eigenvalue weighted by atomic mass is 10.2. The molecular weight excluding hydrogens is 338 g/mol. The van der Waals surface area contributed by atoms with Crippen LogP contribution >= 0.6 is 15.9 Å². The number of primary amides is 1. The summed E-state index contributed by atoms with van der Waals surface area (Å²) < 4.78 is 5.78. The summed E-state index contributed by atoms with van der Waals surface area (Å²) in [6, 6.07) is 9.53. The molecule has 2 aromatic rings. The molecule has 6 nitrogen and oxygen atoms in total. The van der Waals surface area contributed by atoms with E-state index in [4.69, 9.17) is 10.5 Å². The van der Waals surface area contributed by atoms with E-state index in [0.717, 1.165) is 5.56 Å². The Labute approximate surface area is 129 Å². The zero-order valence-electron chi connectivity index (χ0n) is 11.1. The van der Waals surface area contributed by atoms with Crippen LogP contribution in [0.25, 0.3) is 0 Å². The third-order valence-corrected chi connectivity index (χ3v) is 3.41. The first kappa shape index (κ1) is 15.2. The van der Waals surface area contributed by atoms with E-state index in [0.29, 0.717) is 12.4 Å². The van der Waals surface area contributed by atoms with Crippen molar-refractivity contribution in [1.82, 2.24) is 9.97 Å². The maximum atomic E-state index is 11.8. The quantitative estimate of drug-likeness (QED) is 0.824. The number of hydrogen-bond donors (Lipinski definition) is 2. The first-order chi connectivity index (χ1) is 10.1. The Morgan fingerprint density at radius 1 is 1.33 bits per heavy atom. The van der Waals surface area contributed by atoms with Gasteiger partial charge in [0.25, 0.3) is 5.56 Å². The third kappa shape index (κ3) is 4.42. The number of H-pyrrole nitrogens is 1. The molecule has 0 bridgehead atoms. The molecule has 3 N–H and O–H groups in total. The molecule has 110 valence electrons. The van der Waals surface area contributed by atoms with E-state index in [1.165, 1.54) is 0 Å². The molecule has 21 heavy (non-hydrogen) atoms. The van der Waals surface area contributed by atoms with Gasteiger partial charge in [-0.05, 0) is 21.5 Å². The number of hydrogen-bond acceptors (Lipinski definition) is 4. The third-order valence-electron chi connectivity index (χ3n) is 2.71. The predicted molar refractivity (Wildman–Crippen MR) is 80.8 cm³/mol. The van der Waals surface area contributed by atoms with Gasteiger partial charge in [-0.25, -0.2) is 0 Å². The molecule has 0 radical (unpaired) electrons. The average Bonchev–Trinajstić information content (AvgIpc) is 2.48. The van der Waals surface area contributed by atoms with Gasteiger partial charge in [0.05, 0.1) is 0 Å². The summed E-state index contributed by atoms with van der Waals surface area (Å²) in [6.45, 7) is 0.297. The van der Waals surface area contributed by atoms with E-state index in [-0.39, 0.29) is 28.8 Å². The van der Waals surface area contributed by atoms with Crippen molar-refractivity contribution < 1.29 is 9.53 Å². The highest BCUT2D eigenvalue weighted by atomic mass is 79.9. The van der Waals surface area contributed by atoms with Crippen molar-refractivity contribution in [2.24, 2.45) is 5.73 Å². The summed E-state index contributed by atoms with van der Waals surface area (Å²) in [5.41, 5.74) is 5.69. The first-order valence-corrected chi connectivity index (χ1v) is 7.09. The van der Waals surface area contributed by atoms with Crippen LogP contribution in [0.5, 0.6) is 5.88 Å². The number of aromatic amines is 1. The molecule has 0 aliphatic carbocycles. The summed E-state index contributed by atoms with van der Waals surface area (Å²) in [5.74, 6) is 0.111. The number of carbonyl (C=O) groups excluding carboxylic acids is 1. The molecule has 1 aromatic carbocycles. The summed E-state index contributed by atoms with van der Waals surface area (Å²) in [7, 11) is 0. The molecule has 7 heteroatoms. The molecule has 0 saturated carbocycles. The molecule has 2 rings (SSSR count). The van der Waals surface area contributed by atoms with Crippen LogP contribution in [0.15, 0.2) is 39.6 Å². The smallest absolute Gasteiger partial charge is 0.269 e. The van der Waals surface area contributed by atoms with Crippen molar-refractivity contribution in [3.05, 3.63) is 56.5 Å². The van der Waals surface area contributed by atoms with E-state index >= 15 is 0 Å². The number of nitrogens with one attached hydrogen (secondary N) is 1. The second-order valence-electron chi connectivity index (χ2n) is 4.37. The summed E-state index contributed by atoms with van der Waals surface area (Å²) in [4.78, 5) is 29.3. The maximum Gasteiger partial charge on any atom is 0.269 e. The fourth-order valence-electron chi connectivity index (χ4n) is 1.66. The molecule has 0 atom stereocenters. The second kappa shape index (κ2) is 7.03. The maximum absolute atomic E-state index is 11.8. The van der Waals surface area contributed by atoms with Gasteiger partial charge in [0, 0.05) is 12.8 Å². The molecule has 0 unspecified atom stereocenters. The average molecular weight is 352 g/mol. The van der Waals surface area contributed by atoms with Crippen molar-refractivity contribution in [2.75, 3.05) is 0 Å². The van der Waals surface area contributed by atoms with Gasteiger partial charge < -0.3 is 15.5 Å². The van der Waals surface area contributed by atoms with Crippen molar-refractivity contribution >= 4 is 21.8 Å². The highest BCUT2D eigenvalue weighted by Gasteiger charge is 2.11. The van der Waals surface area contributed by atoms with Crippen LogP contribution < -0.4 is 16.0 Å². The lowest BCUT2D eigenvalue weighted by molar-refractivity contribution is -0.118. The van der Waals surface area contributed by atoms with E-state index in [9.17, 15) is 9.59 Å². The van der Waals surface area contributed by atoms with E-state index in [1.807, 2.05) is 30.3 Å². The number of nitrogens with zero attached hydrogens (tertiary/aromatic N) is 1. The SMILES string of the molecule is NC(=O)CCc1nc(OCc2ccccc2)c(Br)c(=O)[nH]1. The summed E-state index contributed by atoms with van der Waals surface area (Å²) >= 11 is 3.15. The van der Waals surface area contributed by atoms with Crippen molar-refractivity contribution in [1.29, 1.82) is 0 Å². The fourth-order valence-corrected chi connectivity index (χ4v) is 1.97. The van der Waals surface area contributed by atoms with Gasteiger partial charge in [-0.3, -0.25) is 9.59 Å². The van der Waals surface area contributed by atoms with Crippen LogP contribution in [0, 0.1) is 0 Å². The number of aryl methyl sites for hydroxylation is 1. The lowest BCUT2D eigenvalue weighted by Gasteiger charge is -2.08. The predicted octanol–water partition coefficient (Wildman–Crippen LogP) is 1.53. The minimum Gasteiger partial charge on any atom is -0.472 e. The largest absolute Gasteiger partial charge is 0.472 e. The molecule has 1 aromatic heterocycles. The van der Waals surface area contributed by atoms with Crippen LogP contribution in [0.1, 0.15) is 17.8 Å². The number of amides is 1. The lowest BCUT2D eigenvalue weighted by Crippen LogP contribution is -2.17. The minimum atomic E-state index is -0.452. The Balaban J connectivity index is 2.14. The molecule has 1 amide bonds. The number of carbonyl (C=O) groups is 1. The number of nitrogens with two attached hydrogens (primary N) is 1. The molecule has 0 aliphatic heterocycles. The van der Waals surface area contributed by atoms with E-state index < -0.39 is 5.91 Å². The van der Waals surface area contributed by atoms with Crippen molar-refractivity contribution in [2.45, 2.75) is 19.4 Å². The number of rotatable bonds is 6. The fraction of sp³-hybridized carbons (Fsp3) is 0.214. The molecule has 0 spiro atoms. The first-order valence-electron chi connectivity index (χ1n) is 6.30. The Bertz CT molecular complexity index is 686. The van der Waals surface area contributed by atoms with Gasteiger partial charge in [-0.2, -0.15) is 4.98 Å². The Morgan fingerprint density at radius 2 is 2.05 bits per heavy atom. The molecule has 0 aliphatic rings. The molecule has 1 heterocycles. The highest BCUT2D eigenvalue weighted by molar-refractivity contribution is 9.10. The molecule has 0 fully saturated rings. The van der Waals surface area contributed by atoms with Crippen LogP contribution in [0.3, 0.4) is 0 Å².